The average molecular weight is 243 g/mol. The van der Waals surface area contributed by atoms with Crippen molar-refractivity contribution >= 4 is 6.08 Å². The first-order valence-corrected chi connectivity index (χ1v) is 7.24. The number of nitrogens with one attached hydrogen (secondary N) is 1. The zero-order valence-corrected chi connectivity index (χ0v) is 11.9. The molecule has 1 aliphatic heterocycles. The summed E-state index contributed by atoms with van der Waals surface area (Å²) in [7, 11) is 0. The summed E-state index contributed by atoms with van der Waals surface area (Å²) in [5.41, 5.74) is 3.28. The molecular weight excluding hydrogens is 218 g/mol. The zero-order valence-electron chi connectivity index (χ0n) is 11.9. The number of rotatable bonds is 0. The molecule has 2 unspecified atom stereocenters. The lowest BCUT2D eigenvalue weighted by molar-refractivity contribution is 0.274. The predicted molar refractivity (Wildman–Crippen MR) is 79.8 cm³/mol. The third kappa shape index (κ3) is 2.24. The van der Waals surface area contributed by atoms with Gasteiger partial charge in [0.1, 0.15) is 0 Å². The average Bonchev–Trinajstić information content (AvgIpc) is 2.75. The van der Waals surface area contributed by atoms with Gasteiger partial charge in [0, 0.05) is 5.41 Å². The summed E-state index contributed by atoms with van der Waals surface area (Å²) in [6.45, 7) is 8.89. The van der Waals surface area contributed by atoms with Crippen LogP contribution in [-0.4, -0.2) is 13.1 Å². The molecule has 1 heterocycles. The summed E-state index contributed by atoms with van der Waals surface area (Å²) in [5.74, 6) is 0.700. The topological polar surface area (TPSA) is 12.0 Å². The number of benzene rings is 1. The number of allylic oxidation sites excluding steroid dienone is 1. The molecule has 1 fully saturated rings. The van der Waals surface area contributed by atoms with Gasteiger partial charge in [0.15, 0.2) is 0 Å². The fourth-order valence-corrected chi connectivity index (χ4v) is 3.08. The fourth-order valence-electron chi connectivity index (χ4n) is 3.08. The van der Waals surface area contributed by atoms with Gasteiger partial charge in [-0.3, -0.25) is 0 Å². The monoisotopic (exact) mass is 243 g/mol. The van der Waals surface area contributed by atoms with Gasteiger partial charge in [-0.1, -0.05) is 63.6 Å². The first kappa shape index (κ1) is 13.4. The van der Waals surface area contributed by atoms with Crippen LogP contribution in [0, 0.1) is 5.92 Å². The van der Waals surface area contributed by atoms with E-state index in [1.54, 1.807) is 5.56 Å². The standard InChI is InChI=1S/C14H17N.C3H8/c1-11-10-15-9-8-14(11)7-6-12-4-2-3-5-13(12)14;1-3-2/h2-7,11,15H,8-10H2,1H3;3H2,1-2H3. The first-order chi connectivity index (χ1) is 8.74. The predicted octanol–water partition coefficient (Wildman–Crippen LogP) is 4.00. The summed E-state index contributed by atoms with van der Waals surface area (Å²) in [6.07, 6.45) is 7.22. The molecule has 0 radical (unpaired) electrons. The first-order valence-electron chi connectivity index (χ1n) is 7.24. The third-order valence-corrected chi connectivity index (χ3v) is 4.07. The Labute approximate surface area is 111 Å². The van der Waals surface area contributed by atoms with Gasteiger partial charge in [0.25, 0.3) is 0 Å². The molecule has 2 atom stereocenters. The van der Waals surface area contributed by atoms with Crippen molar-refractivity contribution in [3.63, 3.8) is 0 Å². The van der Waals surface area contributed by atoms with E-state index in [4.69, 9.17) is 0 Å². The summed E-state index contributed by atoms with van der Waals surface area (Å²) in [6, 6.07) is 8.84. The minimum absolute atomic E-state index is 0.321. The maximum atomic E-state index is 3.48. The van der Waals surface area contributed by atoms with Crippen molar-refractivity contribution in [1.29, 1.82) is 0 Å². The van der Waals surface area contributed by atoms with E-state index in [9.17, 15) is 0 Å². The van der Waals surface area contributed by atoms with Crippen molar-refractivity contribution in [3.05, 3.63) is 41.5 Å². The van der Waals surface area contributed by atoms with Gasteiger partial charge >= 0.3 is 0 Å². The van der Waals surface area contributed by atoms with Crippen LogP contribution in [0.25, 0.3) is 6.08 Å². The van der Waals surface area contributed by atoms with E-state index in [0.29, 0.717) is 11.3 Å². The quantitative estimate of drug-likeness (QED) is 0.726. The number of hydrogen-bond donors (Lipinski definition) is 1. The molecule has 1 saturated heterocycles. The minimum atomic E-state index is 0.321. The highest BCUT2D eigenvalue weighted by Crippen LogP contribution is 2.45. The van der Waals surface area contributed by atoms with E-state index < -0.39 is 0 Å². The Morgan fingerprint density at radius 2 is 2.00 bits per heavy atom. The SMILES string of the molecule is CC1CNCCC12C=Cc1ccccc12.CCC. The van der Waals surface area contributed by atoms with E-state index in [-0.39, 0.29) is 0 Å². The summed E-state index contributed by atoms with van der Waals surface area (Å²) < 4.78 is 0. The second-order valence-electron chi connectivity index (χ2n) is 5.52. The molecule has 1 aliphatic carbocycles. The molecule has 1 heteroatoms. The van der Waals surface area contributed by atoms with E-state index in [2.05, 4.69) is 62.5 Å². The Balaban J connectivity index is 0.000000367. The van der Waals surface area contributed by atoms with E-state index in [0.717, 1.165) is 13.1 Å². The second kappa shape index (κ2) is 5.71. The van der Waals surface area contributed by atoms with Crippen molar-refractivity contribution in [2.45, 2.75) is 39.0 Å². The van der Waals surface area contributed by atoms with E-state index in [1.807, 2.05) is 0 Å². The highest BCUT2D eigenvalue weighted by atomic mass is 14.9. The van der Waals surface area contributed by atoms with Crippen LogP contribution in [0.2, 0.25) is 0 Å². The van der Waals surface area contributed by atoms with Crippen LogP contribution in [-0.2, 0) is 5.41 Å². The zero-order chi connectivity index (χ0) is 13.0. The molecule has 0 amide bonds. The van der Waals surface area contributed by atoms with Gasteiger partial charge in [-0.2, -0.15) is 0 Å². The van der Waals surface area contributed by atoms with Crippen LogP contribution in [0.1, 0.15) is 44.7 Å². The molecule has 1 spiro atoms. The van der Waals surface area contributed by atoms with Crippen molar-refractivity contribution in [2.24, 2.45) is 5.92 Å². The number of piperidine rings is 1. The van der Waals surface area contributed by atoms with Gasteiger partial charge in [0.05, 0.1) is 0 Å². The summed E-state index contributed by atoms with van der Waals surface area (Å²) in [5, 5.41) is 3.48. The van der Waals surface area contributed by atoms with E-state index in [1.165, 1.54) is 18.4 Å². The Morgan fingerprint density at radius 1 is 1.28 bits per heavy atom. The largest absolute Gasteiger partial charge is 0.316 e. The molecule has 3 rings (SSSR count). The summed E-state index contributed by atoms with van der Waals surface area (Å²) in [4.78, 5) is 0. The molecule has 1 N–H and O–H groups in total. The molecule has 1 nitrogen and oxygen atoms in total. The lowest BCUT2D eigenvalue weighted by Gasteiger charge is -2.40. The second-order valence-corrected chi connectivity index (χ2v) is 5.52. The van der Waals surface area contributed by atoms with Gasteiger partial charge < -0.3 is 5.32 Å². The van der Waals surface area contributed by atoms with Gasteiger partial charge in [-0.25, -0.2) is 0 Å². The maximum Gasteiger partial charge on any atom is 0.0191 e. The van der Waals surface area contributed by atoms with Gasteiger partial charge in [-0.15, -0.1) is 0 Å². The normalized spacial score (nSPS) is 28.7. The fraction of sp³-hybridized carbons (Fsp3) is 0.529. The lowest BCUT2D eigenvalue weighted by Crippen LogP contribution is -2.44. The minimum Gasteiger partial charge on any atom is -0.316 e. The van der Waals surface area contributed by atoms with Crippen LogP contribution in [0.3, 0.4) is 0 Å². The smallest absolute Gasteiger partial charge is 0.0191 e. The Morgan fingerprint density at radius 3 is 2.72 bits per heavy atom. The van der Waals surface area contributed by atoms with Crippen LogP contribution in [0.5, 0.6) is 0 Å². The van der Waals surface area contributed by atoms with E-state index >= 15 is 0 Å². The number of hydrogen-bond acceptors (Lipinski definition) is 1. The molecule has 1 aromatic rings. The number of fused-ring (bicyclic) bond motifs is 2. The van der Waals surface area contributed by atoms with Crippen molar-refractivity contribution < 1.29 is 0 Å². The summed E-state index contributed by atoms with van der Waals surface area (Å²) >= 11 is 0. The Kier molecular flexibility index (Phi) is 4.23. The highest BCUT2D eigenvalue weighted by molar-refractivity contribution is 5.65. The Bertz CT molecular complexity index is 421. The molecule has 98 valence electrons. The van der Waals surface area contributed by atoms with Crippen molar-refractivity contribution in [3.8, 4) is 0 Å². The molecule has 0 bridgehead atoms. The molecular formula is C17H25N. The van der Waals surface area contributed by atoms with Crippen LogP contribution in [0.4, 0.5) is 0 Å². The lowest BCUT2D eigenvalue weighted by atomic mass is 9.68. The molecule has 1 aromatic carbocycles. The van der Waals surface area contributed by atoms with Crippen LogP contribution in [0.15, 0.2) is 30.3 Å². The van der Waals surface area contributed by atoms with Crippen LogP contribution < -0.4 is 5.32 Å². The Hall–Kier alpha value is -1.08. The van der Waals surface area contributed by atoms with Gasteiger partial charge in [0.2, 0.25) is 0 Å². The molecule has 0 aromatic heterocycles. The molecule has 2 aliphatic rings. The maximum absolute atomic E-state index is 3.48. The van der Waals surface area contributed by atoms with Crippen molar-refractivity contribution in [2.75, 3.05) is 13.1 Å². The molecule has 18 heavy (non-hydrogen) atoms. The molecule has 0 saturated carbocycles. The van der Waals surface area contributed by atoms with Crippen molar-refractivity contribution in [1.82, 2.24) is 5.32 Å². The highest BCUT2D eigenvalue weighted by Gasteiger charge is 2.40. The third-order valence-electron chi connectivity index (χ3n) is 4.07. The van der Waals surface area contributed by atoms with Gasteiger partial charge in [-0.05, 0) is 36.6 Å². The van der Waals surface area contributed by atoms with Crippen LogP contribution >= 0.6 is 0 Å².